The first-order valence-electron chi connectivity index (χ1n) is 10.7. The molecule has 9 heteroatoms. The minimum atomic E-state index is -1.50. The number of rotatable bonds is 8. The maximum Gasteiger partial charge on any atom is 0.347 e. The largest absolute Gasteiger partial charge is 0.480 e. The van der Waals surface area contributed by atoms with Gasteiger partial charge in [-0.3, -0.25) is 9.69 Å². The molecule has 1 saturated heterocycles. The maximum atomic E-state index is 13.1. The number of hydrogen-bond donors (Lipinski definition) is 1. The van der Waals surface area contributed by atoms with Crippen LogP contribution in [0.1, 0.15) is 26.3 Å². The first kappa shape index (κ1) is 24.8. The number of carbonyl (C=O) groups excluding carboxylic acids is 1. The number of halogens is 2. The molecular formula is C24H28ClFN2O5. The molecule has 178 valence electrons. The van der Waals surface area contributed by atoms with E-state index in [-0.39, 0.29) is 35.9 Å². The third kappa shape index (κ3) is 6.58. The number of ether oxygens (including phenoxy) is 2. The van der Waals surface area contributed by atoms with Crippen molar-refractivity contribution in [3.05, 3.63) is 58.9 Å². The van der Waals surface area contributed by atoms with Gasteiger partial charge in [-0.2, -0.15) is 0 Å². The summed E-state index contributed by atoms with van der Waals surface area (Å²) in [5, 5.41) is 9.68. The predicted octanol–water partition coefficient (Wildman–Crippen LogP) is 3.83. The zero-order valence-corrected chi connectivity index (χ0v) is 19.6. The minimum Gasteiger partial charge on any atom is -0.480 e. The number of amides is 1. The number of carboxylic acids is 1. The van der Waals surface area contributed by atoms with E-state index in [9.17, 15) is 19.1 Å². The van der Waals surface area contributed by atoms with Gasteiger partial charge in [0.15, 0.2) is 23.7 Å². The van der Waals surface area contributed by atoms with Crippen LogP contribution in [0.15, 0.2) is 42.5 Å². The highest BCUT2D eigenvalue weighted by Crippen LogP contribution is 2.33. The van der Waals surface area contributed by atoms with Gasteiger partial charge in [-0.15, -0.1) is 0 Å². The molecule has 1 heterocycles. The summed E-state index contributed by atoms with van der Waals surface area (Å²) in [6, 6.07) is 11.0. The predicted molar refractivity (Wildman–Crippen MR) is 122 cm³/mol. The molecule has 1 aliphatic rings. The zero-order chi connectivity index (χ0) is 24.2. The lowest BCUT2D eigenvalue weighted by atomic mass is 10.1. The smallest absolute Gasteiger partial charge is 0.347 e. The van der Waals surface area contributed by atoms with Crippen molar-refractivity contribution in [2.24, 2.45) is 0 Å². The van der Waals surface area contributed by atoms with Gasteiger partial charge in [0, 0.05) is 43.3 Å². The summed E-state index contributed by atoms with van der Waals surface area (Å²) in [6.45, 7) is 7.20. The first-order chi connectivity index (χ1) is 15.5. The van der Waals surface area contributed by atoms with Crippen LogP contribution >= 0.6 is 11.6 Å². The number of carboxylic acid groups (broad SMARTS) is 1. The highest BCUT2D eigenvalue weighted by Gasteiger charge is 2.31. The van der Waals surface area contributed by atoms with Gasteiger partial charge in [0.25, 0.3) is 5.91 Å². The molecule has 3 rings (SSSR count). The van der Waals surface area contributed by atoms with Gasteiger partial charge in [0.05, 0.1) is 0 Å². The summed E-state index contributed by atoms with van der Waals surface area (Å²) >= 11 is 6.03. The fourth-order valence-corrected chi connectivity index (χ4v) is 3.78. The van der Waals surface area contributed by atoms with Crippen LogP contribution in [0.25, 0.3) is 0 Å². The molecule has 33 heavy (non-hydrogen) atoms. The number of nitrogens with zero attached hydrogens (tertiary/aromatic N) is 2. The summed E-state index contributed by atoms with van der Waals surface area (Å²) in [5.41, 5.74) is -0.478. The van der Waals surface area contributed by atoms with Crippen molar-refractivity contribution in [3.8, 4) is 11.5 Å². The van der Waals surface area contributed by atoms with E-state index in [1.807, 2.05) is 6.92 Å². The Kier molecular flexibility index (Phi) is 7.81. The van der Waals surface area contributed by atoms with Crippen molar-refractivity contribution in [1.82, 2.24) is 9.80 Å². The lowest BCUT2D eigenvalue weighted by Gasteiger charge is -2.39. The molecule has 1 amide bonds. The van der Waals surface area contributed by atoms with Crippen molar-refractivity contribution in [2.45, 2.75) is 39.0 Å². The normalized spacial score (nSPS) is 17.0. The van der Waals surface area contributed by atoms with Crippen LogP contribution in [0.2, 0.25) is 5.02 Å². The van der Waals surface area contributed by atoms with Gasteiger partial charge < -0.3 is 19.5 Å². The van der Waals surface area contributed by atoms with Crippen LogP contribution in [0, 0.1) is 5.82 Å². The van der Waals surface area contributed by atoms with Crippen molar-refractivity contribution >= 4 is 23.5 Å². The van der Waals surface area contributed by atoms with Crippen LogP contribution in [0.3, 0.4) is 0 Å². The van der Waals surface area contributed by atoms with Crippen LogP contribution < -0.4 is 9.47 Å². The number of aliphatic carboxylic acids is 1. The molecule has 1 atom stereocenters. The van der Waals surface area contributed by atoms with Crippen molar-refractivity contribution < 1.29 is 28.6 Å². The van der Waals surface area contributed by atoms with Crippen molar-refractivity contribution in [1.29, 1.82) is 0 Å². The summed E-state index contributed by atoms with van der Waals surface area (Å²) in [4.78, 5) is 28.2. The van der Waals surface area contributed by atoms with Crippen LogP contribution in [0.4, 0.5) is 4.39 Å². The second-order valence-electron chi connectivity index (χ2n) is 8.59. The summed E-state index contributed by atoms with van der Waals surface area (Å²) < 4.78 is 24.4. The van der Waals surface area contributed by atoms with E-state index in [0.717, 1.165) is 5.56 Å². The van der Waals surface area contributed by atoms with Gasteiger partial charge in [-0.25, -0.2) is 9.18 Å². The van der Waals surface area contributed by atoms with Crippen molar-refractivity contribution in [3.63, 3.8) is 0 Å². The summed E-state index contributed by atoms with van der Waals surface area (Å²) in [5.74, 6) is -1.19. The third-order valence-corrected chi connectivity index (χ3v) is 5.72. The van der Waals surface area contributed by atoms with E-state index in [4.69, 9.17) is 21.1 Å². The van der Waals surface area contributed by atoms with Gasteiger partial charge in [0.2, 0.25) is 0 Å². The third-order valence-electron chi connectivity index (χ3n) is 5.49. The molecular weight excluding hydrogens is 451 g/mol. The Bertz CT molecular complexity index is 999. The van der Waals surface area contributed by atoms with Gasteiger partial charge in [-0.05, 0) is 50.6 Å². The quantitative estimate of drug-likeness (QED) is 0.621. The number of piperazine rings is 1. The average molecular weight is 479 g/mol. The SMILES string of the molecule is CC1CN(Cc2ccc(F)cc2)CCN1C(=O)COc1ccc(Cl)cc1OC(C)(C)C(=O)O. The topological polar surface area (TPSA) is 79.3 Å². The lowest BCUT2D eigenvalue weighted by Crippen LogP contribution is -2.54. The molecule has 2 aromatic carbocycles. The van der Waals surface area contributed by atoms with E-state index < -0.39 is 11.6 Å². The molecule has 0 spiro atoms. The maximum absolute atomic E-state index is 13.1. The Morgan fingerprint density at radius 2 is 1.85 bits per heavy atom. The van der Waals surface area contributed by atoms with E-state index in [2.05, 4.69) is 4.90 Å². The Labute approximate surface area is 197 Å². The average Bonchev–Trinajstić information content (AvgIpc) is 2.74. The molecule has 1 fully saturated rings. The molecule has 1 unspecified atom stereocenters. The fourth-order valence-electron chi connectivity index (χ4n) is 3.62. The molecule has 7 nitrogen and oxygen atoms in total. The van der Waals surface area contributed by atoms with Crippen molar-refractivity contribution in [2.75, 3.05) is 26.2 Å². The van der Waals surface area contributed by atoms with E-state index >= 15 is 0 Å². The number of carbonyl (C=O) groups is 2. The van der Waals surface area contributed by atoms with Gasteiger partial charge in [0.1, 0.15) is 5.82 Å². The van der Waals surface area contributed by atoms with Crippen LogP contribution in [-0.4, -0.2) is 64.7 Å². The highest BCUT2D eigenvalue weighted by molar-refractivity contribution is 6.30. The fraction of sp³-hybridized carbons (Fsp3) is 0.417. The van der Waals surface area contributed by atoms with Crippen LogP contribution in [0.5, 0.6) is 11.5 Å². The van der Waals surface area contributed by atoms with Gasteiger partial charge in [-0.1, -0.05) is 23.7 Å². The Morgan fingerprint density at radius 3 is 2.48 bits per heavy atom. The molecule has 0 bridgehead atoms. The number of benzene rings is 2. The Hall–Kier alpha value is -2.84. The van der Waals surface area contributed by atoms with E-state index in [1.54, 1.807) is 29.2 Å². The summed E-state index contributed by atoms with van der Waals surface area (Å²) in [7, 11) is 0. The Balaban J connectivity index is 1.58. The molecule has 0 radical (unpaired) electrons. The second kappa shape index (κ2) is 10.4. The molecule has 1 N–H and O–H groups in total. The molecule has 2 aromatic rings. The molecule has 0 aliphatic carbocycles. The second-order valence-corrected chi connectivity index (χ2v) is 9.03. The molecule has 1 aliphatic heterocycles. The molecule has 0 aromatic heterocycles. The Morgan fingerprint density at radius 1 is 1.15 bits per heavy atom. The number of hydrogen-bond acceptors (Lipinski definition) is 5. The first-order valence-corrected chi connectivity index (χ1v) is 11.0. The van der Waals surface area contributed by atoms with E-state index in [0.29, 0.717) is 31.2 Å². The summed E-state index contributed by atoms with van der Waals surface area (Å²) in [6.07, 6.45) is 0. The zero-order valence-electron chi connectivity index (χ0n) is 18.9. The molecule has 0 saturated carbocycles. The highest BCUT2D eigenvalue weighted by atomic mass is 35.5. The van der Waals surface area contributed by atoms with Crippen LogP contribution in [-0.2, 0) is 16.1 Å². The van der Waals surface area contributed by atoms with E-state index in [1.165, 1.54) is 32.0 Å². The van der Waals surface area contributed by atoms with Gasteiger partial charge >= 0.3 is 5.97 Å². The standard InChI is InChI=1S/C24H28ClFN2O5/c1-16-13-27(14-17-4-7-19(26)8-5-17)10-11-28(16)22(29)15-32-20-9-6-18(25)12-21(20)33-24(2,3)23(30)31/h4-9,12,16H,10-11,13-15H2,1-3H3,(H,30,31). The monoisotopic (exact) mass is 478 g/mol. The minimum absolute atomic E-state index is 0.0258. The lowest BCUT2D eigenvalue weighted by molar-refractivity contribution is -0.152.